The third-order valence-electron chi connectivity index (χ3n) is 2.52. The Bertz CT molecular complexity index is 246. The highest BCUT2D eigenvalue weighted by Crippen LogP contribution is 2.19. The van der Waals surface area contributed by atoms with Crippen LogP contribution in [-0.4, -0.2) is 63.6 Å². The van der Waals surface area contributed by atoms with Gasteiger partial charge in [-0.25, -0.2) is 0 Å². The molecular formula is C9H17NO6. The first-order valence-corrected chi connectivity index (χ1v) is 5.11. The van der Waals surface area contributed by atoms with Gasteiger partial charge in [-0.3, -0.25) is 4.79 Å². The summed E-state index contributed by atoms with van der Waals surface area (Å²) in [6.45, 7) is 1.11. The zero-order valence-corrected chi connectivity index (χ0v) is 8.91. The highest BCUT2D eigenvalue weighted by atomic mass is 16.6. The fourth-order valence-corrected chi connectivity index (χ4v) is 1.48. The second-order valence-corrected chi connectivity index (χ2v) is 3.67. The van der Waals surface area contributed by atoms with Crippen LogP contribution in [0.3, 0.4) is 0 Å². The molecule has 0 aromatic heterocycles. The molecule has 0 saturated carbocycles. The minimum Gasteiger partial charge on any atom is -0.394 e. The number of nitrogens with one attached hydrogen (secondary N) is 1. The highest BCUT2D eigenvalue weighted by Gasteiger charge is 2.43. The van der Waals surface area contributed by atoms with Gasteiger partial charge in [-0.1, -0.05) is 6.92 Å². The Morgan fingerprint density at radius 2 is 1.88 bits per heavy atom. The van der Waals surface area contributed by atoms with Crippen molar-refractivity contribution in [2.24, 2.45) is 0 Å². The molecular weight excluding hydrogens is 218 g/mol. The zero-order chi connectivity index (χ0) is 12.3. The molecule has 0 aromatic rings. The van der Waals surface area contributed by atoms with Crippen LogP contribution in [0, 0.1) is 0 Å². The minimum atomic E-state index is -1.46. The second-order valence-electron chi connectivity index (χ2n) is 3.67. The van der Waals surface area contributed by atoms with E-state index >= 15 is 0 Å². The average Bonchev–Trinajstić information content (AvgIpc) is 2.29. The van der Waals surface area contributed by atoms with Crippen molar-refractivity contribution in [3.8, 4) is 0 Å². The van der Waals surface area contributed by atoms with Gasteiger partial charge < -0.3 is 30.5 Å². The van der Waals surface area contributed by atoms with Gasteiger partial charge in [0.25, 0.3) is 0 Å². The van der Waals surface area contributed by atoms with Gasteiger partial charge in [0.1, 0.15) is 24.4 Å². The molecule has 0 bridgehead atoms. The number of amides is 1. The van der Waals surface area contributed by atoms with Gasteiger partial charge in [-0.05, 0) is 0 Å². The lowest BCUT2D eigenvalue weighted by Crippen LogP contribution is -2.63. The van der Waals surface area contributed by atoms with Crippen LogP contribution in [0.4, 0.5) is 0 Å². The Kier molecular flexibility index (Phi) is 4.63. The van der Waals surface area contributed by atoms with E-state index in [9.17, 15) is 20.1 Å². The molecule has 1 fully saturated rings. The summed E-state index contributed by atoms with van der Waals surface area (Å²) in [7, 11) is 0. The lowest BCUT2D eigenvalue weighted by molar-refractivity contribution is -0.235. The Morgan fingerprint density at radius 1 is 1.25 bits per heavy atom. The molecule has 16 heavy (non-hydrogen) atoms. The van der Waals surface area contributed by atoms with Crippen LogP contribution < -0.4 is 5.32 Å². The molecule has 1 amide bonds. The molecule has 5 N–H and O–H groups in total. The standard InChI is InChI=1S/C9H17NO6/c1-2-5(12)10-9-8(15)7(14)6(13)4(3-11)16-9/h4,6-9,11,13-15H,2-3H2,1H3,(H,10,12)/t4-,6-,7+,8-,9-/m0/s1. The summed E-state index contributed by atoms with van der Waals surface area (Å²) in [6, 6.07) is 0. The van der Waals surface area contributed by atoms with Gasteiger partial charge in [0, 0.05) is 6.42 Å². The minimum absolute atomic E-state index is 0.203. The predicted molar refractivity (Wildman–Crippen MR) is 52.2 cm³/mol. The van der Waals surface area contributed by atoms with Crippen molar-refractivity contribution in [2.45, 2.75) is 44.0 Å². The summed E-state index contributed by atoms with van der Waals surface area (Å²) < 4.78 is 5.06. The van der Waals surface area contributed by atoms with Crippen molar-refractivity contribution in [3.63, 3.8) is 0 Å². The van der Waals surface area contributed by atoms with E-state index in [0.717, 1.165) is 0 Å². The number of ether oxygens (including phenoxy) is 1. The summed E-state index contributed by atoms with van der Waals surface area (Å²) in [6.07, 6.45) is -6.21. The molecule has 1 rings (SSSR count). The van der Waals surface area contributed by atoms with Gasteiger partial charge in [0.2, 0.25) is 5.91 Å². The molecule has 0 spiro atoms. The van der Waals surface area contributed by atoms with E-state index in [2.05, 4.69) is 5.32 Å². The molecule has 7 nitrogen and oxygen atoms in total. The average molecular weight is 235 g/mol. The molecule has 7 heteroatoms. The molecule has 5 atom stereocenters. The quantitative estimate of drug-likeness (QED) is 0.363. The maximum absolute atomic E-state index is 11.1. The van der Waals surface area contributed by atoms with Gasteiger partial charge >= 0.3 is 0 Å². The third-order valence-corrected chi connectivity index (χ3v) is 2.52. The lowest BCUT2D eigenvalue weighted by atomic mass is 9.98. The number of aliphatic hydroxyl groups is 4. The van der Waals surface area contributed by atoms with E-state index in [1.54, 1.807) is 6.92 Å². The largest absolute Gasteiger partial charge is 0.394 e. The van der Waals surface area contributed by atoms with Gasteiger partial charge in [-0.15, -0.1) is 0 Å². The molecule has 1 saturated heterocycles. The Hall–Kier alpha value is -0.730. The summed E-state index contributed by atoms with van der Waals surface area (Å²) in [4.78, 5) is 11.1. The Labute approximate surface area is 92.7 Å². The number of rotatable bonds is 3. The fraction of sp³-hybridized carbons (Fsp3) is 0.889. The lowest BCUT2D eigenvalue weighted by Gasteiger charge is -2.40. The molecule has 0 aromatic carbocycles. The third kappa shape index (κ3) is 2.69. The second kappa shape index (κ2) is 5.55. The smallest absolute Gasteiger partial charge is 0.221 e. The Morgan fingerprint density at radius 3 is 2.38 bits per heavy atom. The summed E-state index contributed by atoms with van der Waals surface area (Å²) in [5.74, 6) is -0.357. The first-order chi connectivity index (χ1) is 7.51. The number of carbonyl (C=O) groups excluding carboxylic acids is 1. The van der Waals surface area contributed by atoms with Gasteiger partial charge in [0.15, 0.2) is 6.23 Å². The molecule has 0 aliphatic carbocycles. The van der Waals surface area contributed by atoms with Crippen LogP contribution in [0.5, 0.6) is 0 Å². The van der Waals surface area contributed by atoms with Crippen molar-refractivity contribution in [2.75, 3.05) is 6.61 Å². The van der Waals surface area contributed by atoms with Crippen molar-refractivity contribution >= 4 is 5.91 Å². The van der Waals surface area contributed by atoms with E-state index < -0.39 is 37.3 Å². The summed E-state index contributed by atoms with van der Waals surface area (Å²) >= 11 is 0. The molecule has 1 aliphatic rings. The van der Waals surface area contributed by atoms with Crippen molar-refractivity contribution < 1.29 is 30.0 Å². The maximum Gasteiger partial charge on any atom is 0.221 e. The summed E-state index contributed by atoms with van der Waals surface area (Å²) in [5.41, 5.74) is 0. The monoisotopic (exact) mass is 235 g/mol. The Balaban J connectivity index is 2.67. The van der Waals surface area contributed by atoms with E-state index in [0.29, 0.717) is 0 Å². The first-order valence-electron chi connectivity index (χ1n) is 5.11. The summed E-state index contributed by atoms with van der Waals surface area (Å²) in [5, 5.41) is 39.6. The van der Waals surface area contributed by atoms with E-state index in [4.69, 9.17) is 9.84 Å². The van der Waals surface area contributed by atoms with Crippen LogP contribution in [0.25, 0.3) is 0 Å². The van der Waals surface area contributed by atoms with Gasteiger partial charge in [0.05, 0.1) is 6.61 Å². The fourth-order valence-electron chi connectivity index (χ4n) is 1.48. The van der Waals surface area contributed by atoms with Crippen LogP contribution in [0.15, 0.2) is 0 Å². The van der Waals surface area contributed by atoms with Gasteiger partial charge in [-0.2, -0.15) is 0 Å². The van der Waals surface area contributed by atoms with Crippen LogP contribution in [0.2, 0.25) is 0 Å². The molecule has 1 heterocycles. The number of hydrogen-bond donors (Lipinski definition) is 5. The van der Waals surface area contributed by atoms with E-state index in [1.807, 2.05) is 0 Å². The van der Waals surface area contributed by atoms with Crippen LogP contribution in [-0.2, 0) is 9.53 Å². The maximum atomic E-state index is 11.1. The first kappa shape index (κ1) is 13.3. The van der Waals surface area contributed by atoms with E-state index in [-0.39, 0.29) is 12.3 Å². The van der Waals surface area contributed by atoms with Crippen molar-refractivity contribution in [3.05, 3.63) is 0 Å². The molecule has 0 unspecified atom stereocenters. The number of hydrogen-bond acceptors (Lipinski definition) is 6. The normalized spacial score (nSPS) is 39.4. The van der Waals surface area contributed by atoms with Crippen molar-refractivity contribution in [1.29, 1.82) is 0 Å². The van der Waals surface area contributed by atoms with Crippen LogP contribution >= 0.6 is 0 Å². The SMILES string of the molecule is CCC(=O)N[C@H]1O[C@@H](CO)[C@H](O)[C@@H](O)[C@@H]1O. The topological polar surface area (TPSA) is 119 Å². The molecule has 1 aliphatic heterocycles. The number of aliphatic hydroxyl groups excluding tert-OH is 4. The molecule has 0 radical (unpaired) electrons. The van der Waals surface area contributed by atoms with E-state index in [1.165, 1.54) is 0 Å². The van der Waals surface area contributed by atoms with Crippen molar-refractivity contribution in [1.82, 2.24) is 5.32 Å². The highest BCUT2D eigenvalue weighted by molar-refractivity contribution is 5.75. The predicted octanol–water partition coefficient (Wildman–Crippen LogP) is -2.69. The zero-order valence-electron chi connectivity index (χ0n) is 8.91. The number of carbonyl (C=O) groups is 1. The van der Waals surface area contributed by atoms with Crippen LogP contribution in [0.1, 0.15) is 13.3 Å². The molecule has 94 valence electrons.